The van der Waals surface area contributed by atoms with Crippen LogP contribution in [0.3, 0.4) is 0 Å². The second kappa shape index (κ2) is 3.29. The number of carboxylic acids is 1. The first-order valence-corrected chi connectivity index (χ1v) is 4.78. The van der Waals surface area contributed by atoms with E-state index < -0.39 is 12.1 Å². The lowest BCUT2D eigenvalue weighted by Crippen LogP contribution is -2.37. The first-order valence-electron chi connectivity index (χ1n) is 4.78. The number of carboxylic acid groups (broad SMARTS) is 1. The van der Waals surface area contributed by atoms with E-state index in [1.807, 2.05) is 13.8 Å². The molecule has 0 aromatic heterocycles. The number of aliphatic hydroxyl groups excluding tert-OH is 1. The molecule has 13 heavy (non-hydrogen) atoms. The fourth-order valence-electron chi connectivity index (χ4n) is 2.28. The first-order chi connectivity index (χ1) is 5.87. The zero-order chi connectivity index (χ0) is 10.2. The van der Waals surface area contributed by atoms with E-state index in [-0.39, 0.29) is 11.3 Å². The maximum atomic E-state index is 10.6. The predicted molar refractivity (Wildman–Crippen MR) is 49.3 cm³/mol. The number of hydrogen-bond acceptors (Lipinski definition) is 2. The van der Waals surface area contributed by atoms with Gasteiger partial charge in [-0.15, -0.1) is 0 Å². The molecule has 3 nitrogen and oxygen atoms in total. The standard InChI is InChI=1S/C10H18O3/c1-6-4-5-7(10(6,2)3)8(11)9(12)13/h6-8,11H,4-5H2,1-3H3,(H,12,13)/t6-,7-,8+/m0/s1. The third-order valence-corrected chi connectivity index (χ3v) is 3.77. The average molecular weight is 186 g/mol. The Morgan fingerprint density at radius 2 is 2.00 bits per heavy atom. The third-order valence-electron chi connectivity index (χ3n) is 3.77. The molecule has 0 aromatic carbocycles. The molecule has 0 spiro atoms. The molecule has 0 aliphatic heterocycles. The zero-order valence-corrected chi connectivity index (χ0v) is 8.45. The van der Waals surface area contributed by atoms with Gasteiger partial charge < -0.3 is 10.2 Å². The summed E-state index contributed by atoms with van der Waals surface area (Å²) < 4.78 is 0. The monoisotopic (exact) mass is 186 g/mol. The smallest absolute Gasteiger partial charge is 0.332 e. The molecule has 3 heteroatoms. The molecule has 0 heterocycles. The Balaban J connectivity index is 2.77. The summed E-state index contributed by atoms with van der Waals surface area (Å²) in [6, 6.07) is 0. The van der Waals surface area contributed by atoms with Crippen molar-refractivity contribution >= 4 is 5.97 Å². The van der Waals surface area contributed by atoms with Crippen molar-refractivity contribution < 1.29 is 15.0 Å². The molecule has 0 bridgehead atoms. The van der Waals surface area contributed by atoms with Gasteiger partial charge in [-0.25, -0.2) is 4.79 Å². The summed E-state index contributed by atoms with van der Waals surface area (Å²) in [7, 11) is 0. The maximum absolute atomic E-state index is 10.6. The van der Waals surface area contributed by atoms with Crippen LogP contribution in [-0.2, 0) is 4.79 Å². The molecule has 0 saturated heterocycles. The molecule has 0 radical (unpaired) electrons. The molecule has 0 aromatic rings. The number of rotatable bonds is 2. The first kappa shape index (κ1) is 10.5. The summed E-state index contributed by atoms with van der Waals surface area (Å²) in [6.07, 6.45) is 0.642. The van der Waals surface area contributed by atoms with Gasteiger partial charge in [0.1, 0.15) is 0 Å². The van der Waals surface area contributed by atoms with Gasteiger partial charge in [0.25, 0.3) is 0 Å². The summed E-state index contributed by atoms with van der Waals surface area (Å²) in [4.78, 5) is 10.6. The van der Waals surface area contributed by atoms with Crippen LogP contribution in [0.4, 0.5) is 0 Å². The van der Waals surface area contributed by atoms with Crippen molar-refractivity contribution in [1.29, 1.82) is 0 Å². The summed E-state index contributed by atoms with van der Waals surface area (Å²) in [5.74, 6) is -0.696. The minimum atomic E-state index is -1.19. The maximum Gasteiger partial charge on any atom is 0.332 e. The normalized spacial score (nSPS) is 34.5. The van der Waals surface area contributed by atoms with E-state index >= 15 is 0 Å². The van der Waals surface area contributed by atoms with Crippen LogP contribution in [0.15, 0.2) is 0 Å². The molecule has 1 aliphatic rings. The minimum Gasteiger partial charge on any atom is -0.479 e. The van der Waals surface area contributed by atoms with E-state index in [2.05, 4.69) is 6.92 Å². The van der Waals surface area contributed by atoms with Gasteiger partial charge in [-0.05, 0) is 24.2 Å². The molecular formula is C10H18O3. The molecule has 3 atom stereocenters. The number of hydrogen-bond donors (Lipinski definition) is 2. The molecule has 1 aliphatic carbocycles. The Morgan fingerprint density at radius 1 is 1.46 bits per heavy atom. The fraction of sp³-hybridized carbons (Fsp3) is 0.900. The Labute approximate surface area is 78.8 Å². The van der Waals surface area contributed by atoms with Gasteiger partial charge in [-0.2, -0.15) is 0 Å². The quantitative estimate of drug-likeness (QED) is 0.687. The SMILES string of the molecule is C[C@H]1CC[C@@H]([C@@H](O)C(=O)O)C1(C)C. The molecule has 0 amide bonds. The lowest BCUT2D eigenvalue weighted by Gasteiger charge is -2.32. The molecule has 76 valence electrons. The van der Waals surface area contributed by atoms with Crippen molar-refractivity contribution in [3.8, 4) is 0 Å². The van der Waals surface area contributed by atoms with E-state index in [0.717, 1.165) is 12.8 Å². The van der Waals surface area contributed by atoms with E-state index in [1.54, 1.807) is 0 Å². The van der Waals surface area contributed by atoms with Crippen molar-refractivity contribution in [1.82, 2.24) is 0 Å². The van der Waals surface area contributed by atoms with Gasteiger partial charge in [0.05, 0.1) is 0 Å². The van der Waals surface area contributed by atoms with Crippen molar-refractivity contribution in [2.75, 3.05) is 0 Å². The summed E-state index contributed by atoms with van der Waals surface area (Å²) >= 11 is 0. The molecule has 0 unspecified atom stereocenters. The van der Waals surface area contributed by atoms with Crippen LogP contribution >= 0.6 is 0 Å². The Kier molecular flexibility index (Phi) is 2.66. The van der Waals surface area contributed by atoms with E-state index in [9.17, 15) is 9.90 Å². The van der Waals surface area contributed by atoms with Crippen LogP contribution in [0.1, 0.15) is 33.6 Å². The average Bonchev–Trinajstić information content (AvgIpc) is 2.26. The zero-order valence-electron chi connectivity index (χ0n) is 8.45. The lowest BCUT2D eigenvalue weighted by molar-refractivity contribution is -0.152. The topological polar surface area (TPSA) is 57.5 Å². The highest BCUT2D eigenvalue weighted by atomic mass is 16.4. The van der Waals surface area contributed by atoms with E-state index in [0.29, 0.717) is 5.92 Å². The Bertz CT molecular complexity index is 210. The lowest BCUT2D eigenvalue weighted by atomic mass is 9.74. The van der Waals surface area contributed by atoms with Crippen molar-refractivity contribution in [3.63, 3.8) is 0 Å². The van der Waals surface area contributed by atoms with E-state index in [1.165, 1.54) is 0 Å². The van der Waals surface area contributed by atoms with Crippen LogP contribution in [0.25, 0.3) is 0 Å². The minimum absolute atomic E-state index is 0.0577. The highest BCUT2D eigenvalue weighted by molar-refractivity contribution is 5.72. The van der Waals surface area contributed by atoms with Crippen LogP contribution < -0.4 is 0 Å². The number of carbonyl (C=O) groups is 1. The van der Waals surface area contributed by atoms with Crippen LogP contribution in [-0.4, -0.2) is 22.3 Å². The predicted octanol–water partition coefficient (Wildman–Crippen LogP) is 1.50. The van der Waals surface area contributed by atoms with E-state index in [4.69, 9.17) is 5.11 Å². The van der Waals surface area contributed by atoms with Gasteiger partial charge in [0.15, 0.2) is 6.10 Å². The highest BCUT2D eigenvalue weighted by Crippen LogP contribution is 2.48. The van der Waals surface area contributed by atoms with Gasteiger partial charge in [-0.1, -0.05) is 20.8 Å². The highest BCUT2D eigenvalue weighted by Gasteiger charge is 2.45. The molecule has 2 N–H and O–H groups in total. The second-order valence-electron chi connectivity index (χ2n) is 4.69. The Morgan fingerprint density at radius 3 is 2.31 bits per heavy atom. The van der Waals surface area contributed by atoms with Crippen molar-refractivity contribution in [2.24, 2.45) is 17.3 Å². The van der Waals surface area contributed by atoms with Crippen molar-refractivity contribution in [3.05, 3.63) is 0 Å². The second-order valence-corrected chi connectivity index (χ2v) is 4.69. The van der Waals surface area contributed by atoms with Crippen LogP contribution in [0.5, 0.6) is 0 Å². The van der Waals surface area contributed by atoms with Crippen LogP contribution in [0.2, 0.25) is 0 Å². The van der Waals surface area contributed by atoms with Gasteiger partial charge in [-0.3, -0.25) is 0 Å². The third kappa shape index (κ3) is 1.70. The fourth-order valence-corrected chi connectivity index (χ4v) is 2.28. The molecular weight excluding hydrogens is 168 g/mol. The van der Waals surface area contributed by atoms with Gasteiger partial charge in [0.2, 0.25) is 0 Å². The molecule has 1 saturated carbocycles. The summed E-state index contributed by atoms with van der Waals surface area (Å²) in [5, 5.41) is 18.2. The summed E-state index contributed by atoms with van der Waals surface area (Å²) in [5.41, 5.74) is -0.0577. The van der Waals surface area contributed by atoms with Gasteiger partial charge >= 0.3 is 5.97 Å². The summed E-state index contributed by atoms with van der Waals surface area (Å²) in [6.45, 7) is 6.21. The Hall–Kier alpha value is -0.570. The van der Waals surface area contributed by atoms with Crippen LogP contribution in [0, 0.1) is 17.3 Å². The molecule has 1 fully saturated rings. The largest absolute Gasteiger partial charge is 0.479 e. The van der Waals surface area contributed by atoms with Gasteiger partial charge in [0, 0.05) is 5.92 Å². The molecule has 1 rings (SSSR count). The number of aliphatic carboxylic acids is 1. The number of aliphatic hydroxyl groups is 1. The van der Waals surface area contributed by atoms with Crippen molar-refractivity contribution in [2.45, 2.75) is 39.7 Å².